The molecule has 0 unspecified atom stereocenters. The Morgan fingerprint density at radius 3 is 2.20 bits per heavy atom. The lowest BCUT2D eigenvalue weighted by atomic mass is 9.83. The highest BCUT2D eigenvalue weighted by molar-refractivity contribution is 5.94. The Kier molecular flexibility index (Phi) is 6.58. The normalized spacial score (nSPS) is 17.7. The molecule has 0 aromatic heterocycles. The fraction of sp³-hybridized carbons (Fsp3) is 0.333. The first-order valence-electron chi connectivity index (χ1n) is 12.7. The number of guanidine groups is 1. The second kappa shape index (κ2) is 9.95. The molecule has 1 heterocycles. The molecule has 1 saturated heterocycles. The van der Waals surface area contributed by atoms with Crippen molar-refractivity contribution >= 4 is 11.9 Å². The number of rotatable bonds is 6. The summed E-state index contributed by atoms with van der Waals surface area (Å²) in [6.45, 7) is 1.21. The van der Waals surface area contributed by atoms with Crippen molar-refractivity contribution in [3.63, 3.8) is 0 Å². The van der Waals surface area contributed by atoms with Gasteiger partial charge in [-0.2, -0.15) is 0 Å². The predicted octanol–water partition coefficient (Wildman–Crippen LogP) is 5.38. The Hall–Kier alpha value is -3.60. The molecule has 0 radical (unpaired) electrons. The van der Waals surface area contributed by atoms with Crippen LogP contribution in [0.5, 0.6) is 0 Å². The third kappa shape index (κ3) is 4.68. The molecule has 1 aliphatic carbocycles. The summed E-state index contributed by atoms with van der Waals surface area (Å²) in [5, 5.41) is 12.3. The number of carbonyl (C=O) groups excluding carboxylic acids is 1. The standard InChI is InChI=1S/C30H34N4O/c1-33(27-18-9-4-10-19-27)28(35)24-13-11-12-23(20-24)21-34-22-30(32-29(34)31,25-14-5-2-6-15-25)26-16-7-3-8-17-26/h2-3,5-8,11-17,20,27H,4,9-10,18-19,21-22H2,1H3,(H2,31,32). The summed E-state index contributed by atoms with van der Waals surface area (Å²) < 4.78 is 0. The minimum atomic E-state index is -0.492. The van der Waals surface area contributed by atoms with Gasteiger partial charge in [-0.1, -0.05) is 92.1 Å². The van der Waals surface area contributed by atoms with Crippen LogP contribution in [-0.4, -0.2) is 41.3 Å². The lowest BCUT2D eigenvalue weighted by Crippen LogP contribution is -2.41. The highest BCUT2D eigenvalue weighted by atomic mass is 16.2. The Labute approximate surface area is 208 Å². The van der Waals surface area contributed by atoms with E-state index >= 15 is 0 Å². The average molecular weight is 467 g/mol. The summed E-state index contributed by atoms with van der Waals surface area (Å²) in [5.74, 6) is 0.491. The average Bonchev–Trinajstić information content (AvgIpc) is 3.26. The van der Waals surface area contributed by atoms with Crippen molar-refractivity contribution in [2.75, 3.05) is 13.6 Å². The number of nitrogens with zero attached hydrogens (tertiary/aromatic N) is 2. The molecule has 5 rings (SSSR count). The van der Waals surface area contributed by atoms with E-state index in [1.807, 2.05) is 66.5 Å². The molecule has 2 fully saturated rings. The van der Waals surface area contributed by atoms with E-state index in [2.05, 4.69) is 40.5 Å². The van der Waals surface area contributed by atoms with Crippen LogP contribution in [0.2, 0.25) is 0 Å². The largest absolute Gasteiger partial charge is 0.341 e. The molecule has 1 amide bonds. The Morgan fingerprint density at radius 2 is 1.57 bits per heavy atom. The molecule has 0 spiro atoms. The molecular formula is C30H34N4O. The third-order valence-corrected chi connectivity index (χ3v) is 7.60. The molecule has 2 aliphatic rings. The molecule has 0 bridgehead atoms. The number of hydrogen-bond donors (Lipinski definition) is 2. The Morgan fingerprint density at radius 1 is 0.943 bits per heavy atom. The summed E-state index contributed by atoms with van der Waals surface area (Å²) in [6, 6.07) is 29.0. The zero-order valence-corrected chi connectivity index (χ0v) is 20.4. The number of nitrogens with one attached hydrogen (secondary N) is 2. The van der Waals surface area contributed by atoms with E-state index < -0.39 is 5.54 Å². The maximum absolute atomic E-state index is 13.2. The van der Waals surface area contributed by atoms with Crippen LogP contribution < -0.4 is 5.32 Å². The van der Waals surface area contributed by atoms with Crippen LogP contribution in [0.25, 0.3) is 0 Å². The zero-order chi connectivity index (χ0) is 24.3. The summed E-state index contributed by atoms with van der Waals surface area (Å²) in [6.07, 6.45) is 5.88. The first-order valence-corrected chi connectivity index (χ1v) is 12.7. The minimum Gasteiger partial charge on any atom is -0.341 e. The maximum Gasteiger partial charge on any atom is 0.253 e. The summed E-state index contributed by atoms with van der Waals surface area (Å²) in [5.41, 5.74) is 3.55. The van der Waals surface area contributed by atoms with Gasteiger partial charge in [-0.05, 0) is 41.7 Å². The van der Waals surface area contributed by atoms with Crippen molar-refractivity contribution < 1.29 is 4.79 Å². The molecule has 2 N–H and O–H groups in total. The van der Waals surface area contributed by atoms with E-state index in [0.717, 1.165) is 35.1 Å². The second-order valence-electron chi connectivity index (χ2n) is 9.88. The molecular weight excluding hydrogens is 432 g/mol. The molecule has 180 valence electrons. The van der Waals surface area contributed by atoms with E-state index in [-0.39, 0.29) is 5.91 Å². The van der Waals surface area contributed by atoms with Crippen LogP contribution in [0.3, 0.4) is 0 Å². The maximum atomic E-state index is 13.2. The van der Waals surface area contributed by atoms with Gasteiger partial charge in [0.15, 0.2) is 5.96 Å². The van der Waals surface area contributed by atoms with Gasteiger partial charge in [0.2, 0.25) is 0 Å². The monoisotopic (exact) mass is 466 g/mol. The smallest absolute Gasteiger partial charge is 0.253 e. The molecule has 0 atom stereocenters. The fourth-order valence-electron chi connectivity index (χ4n) is 5.62. The highest BCUT2D eigenvalue weighted by Gasteiger charge is 2.43. The Bertz CT molecular complexity index is 1130. The van der Waals surface area contributed by atoms with Crippen LogP contribution in [0.15, 0.2) is 84.9 Å². The van der Waals surface area contributed by atoms with Gasteiger partial charge in [0.05, 0.1) is 6.54 Å². The van der Waals surface area contributed by atoms with Crippen molar-refractivity contribution in [1.29, 1.82) is 5.41 Å². The topological polar surface area (TPSA) is 59.4 Å². The van der Waals surface area contributed by atoms with Crippen LogP contribution in [-0.2, 0) is 12.1 Å². The summed E-state index contributed by atoms with van der Waals surface area (Å²) in [7, 11) is 1.94. The number of amides is 1. The van der Waals surface area contributed by atoms with Gasteiger partial charge < -0.3 is 15.1 Å². The van der Waals surface area contributed by atoms with Gasteiger partial charge >= 0.3 is 0 Å². The molecule has 5 nitrogen and oxygen atoms in total. The van der Waals surface area contributed by atoms with E-state index in [9.17, 15) is 4.79 Å². The minimum absolute atomic E-state index is 0.0938. The van der Waals surface area contributed by atoms with Crippen LogP contribution in [0, 0.1) is 5.41 Å². The third-order valence-electron chi connectivity index (χ3n) is 7.60. The van der Waals surface area contributed by atoms with Crippen molar-refractivity contribution in [2.45, 2.75) is 50.2 Å². The number of benzene rings is 3. The lowest BCUT2D eigenvalue weighted by Gasteiger charge is -2.31. The molecule has 35 heavy (non-hydrogen) atoms. The molecule has 1 aliphatic heterocycles. The quantitative estimate of drug-likeness (QED) is 0.513. The first-order chi connectivity index (χ1) is 17.1. The van der Waals surface area contributed by atoms with Crippen LogP contribution in [0.4, 0.5) is 0 Å². The lowest BCUT2D eigenvalue weighted by molar-refractivity contribution is 0.0696. The van der Waals surface area contributed by atoms with E-state index in [0.29, 0.717) is 25.1 Å². The molecule has 1 saturated carbocycles. The fourth-order valence-corrected chi connectivity index (χ4v) is 5.62. The SMILES string of the molecule is CN(C(=O)c1cccc(CN2CC(c3ccccc3)(c3ccccc3)NC2=N)c1)C1CCCCC1. The predicted molar refractivity (Wildman–Crippen MR) is 140 cm³/mol. The van der Waals surface area contributed by atoms with E-state index in [4.69, 9.17) is 5.41 Å². The zero-order valence-electron chi connectivity index (χ0n) is 20.4. The van der Waals surface area contributed by atoms with Crippen molar-refractivity contribution in [3.8, 4) is 0 Å². The van der Waals surface area contributed by atoms with Crippen LogP contribution >= 0.6 is 0 Å². The van der Waals surface area contributed by atoms with Gasteiger partial charge in [0.1, 0.15) is 5.54 Å². The van der Waals surface area contributed by atoms with Gasteiger partial charge in [-0.15, -0.1) is 0 Å². The van der Waals surface area contributed by atoms with Crippen LogP contribution in [0.1, 0.15) is 59.2 Å². The number of hydrogen-bond acceptors (Lipinski definition) is 2. The molecule has 5 heteroatoms. The molecule has 3 aromatic rings. The first kappa shape index (κ1) is 23.2. The summed E-state index contributed by atoms with van der Waals surface area (Å²) in [4.78, 5) is 17.2. The van der Waals surface area contributed by atoms with Gasteiger partial charge in [-0.25, -0.2) is 0 Å². The van der Waals surface area contributed by atoms with Crippen molar-refractivity contribution in [2.24, 2.45) is 0 Å². The Balaban J connectivity index is 1.37. The number of carbonyl (C=O) groups is 1. The van der Waals surface area contributed by atoms with E-state index in [1.165, 1.54) is 19.3 Å². The highest BCUT2D eigenvalue weighted by Crippen LogP contribution is 2.35. The van der Waals surface area contributed by atoms with E-state index in [1.54, 1.807) is 0 Å². The van der Waals surface area contributed by atoms with Crippen molar-refractivity contribution in [1.82, 2.24) is 15.1 Å². The summed E-state index contributed by atoms with van der Waals surface area (Å²) >= 11 is 0. The van der Waals surface area contributed by atoms with Gasteiger partial charge in [0.25, 0.3) is 5.91 Å². The second-order valence-corrected chi connectivity index (χ2v) is 9.88. The molecule has 3 aromatic carbocycles. The van der Waals surface area contributed by atoms with Crippen molar-refractivity contribution in [3.05, 3.63) is 107 Å². The van der Waals surface area contributed by atoms with Gasteiger partial charge in [-0.3, -0.25) is 10.2 Å². The van der Waals surface area contributed by atoms with Gasteiger partial charge in [0, 0.05) is 25.2 Å².